The Morgan fingerprint density at radius 1 is 1.39 bits per heavy atom. The van der Waals surface area contributed by atoms with Gasteiger partial charge in [-0.1, -0.05) is 11.6 Å². The zero-order chi connectivity index (χ0) is 13.0. The van der Waals surface area contributed by atoms with E-state index in [1.54, 1.807) is 17.5 Å². The fourth-order valence-corrected chi connectivity index (χ4v) is 2.52. The molecule has 0 aromatic carbocycles. The number of aromatic nitrogens is 1. The molecule has 2 aromatic rings. The number of nitrogens with one attached hydrogen (secondary N) is 1. The van der Waals surface area contributed by atoms with Crippen molar-refractivity contribution in [2.75, 3.05) is 5.32 Å². The molecular formula is C13H15ClN2OS. The van der Waals surface area contributed by atoms with Gasteiger partial charge in [-0.15, -0.1) is 11.3 Å². The fourth-order valence-electron chi connectivity index (χ4n) is 1.49. The lowest BCUT2D eigenvalue weighted by Crippen LogP contribution is -2.09. The third-order valence-corrected chi connectivity index (χ3v) is 3.42. The van der Waals surface area contributed by atoms with E-state index < -0.39 is 0 Å². The van der Waals surface area contributed by atoms with Gasteiger partial charge in [0.2, 0.25) is 0 Å². The molecule has 2 aromatic heterocycles. The number of halogens is 1. The van der Waals surface area contributed by atoms with Crippen LogP contribution in [0.15, 0.2) is 30.5 Å². The number of hydrogen-bond donors (Lipinski definition) is 1. The summed E-state index contributed by atoms with van der Waals surface area (Å²) in [6, 6.07) is 7.68. The molecule has 0 aliphatic rings. The van der Waals surface area contributed by atoms with Crippen LogP contribution < -0.4 is 10.1 Å². The number of hydrogen-bond acceptors (Lipinski definition) is 4. The number of rotatable bonds is 5. The maximum atomic E-state index is 5.89. The van der Waals surface area contributed by atoms with Gasteiger partial charge in [-0.05, 0) is 38.1 Å². The normalized spacial score (nSPS) is 10.7. The quantitative estimate of drug-likeness (QED) is 0.893. The summed E-state index contributed by atoms with van der Waals surface area (Å²) in [5, 5.41) is 3.26. The van der Waals surface area contributed by atoms with Crippen LogP contribution in [0.25, 0.3) is 0 Å². The van der Waals surface area contributed by atoms with Crippen LogP contribution in [-0.4, -0.2) is 11.1 Å². The zero-order valence-corrected chi connectivity index (χ0v) is 11.9. The first kappa shape index (κ1) is 13.2. The summed E-state index contributed by atoms with van der Waals surface area (Å²) < 4.78 is 6.49. The second-order valence-electron chi connectivity index (χ2n) is 4.08. The first-order chi connectivity index (χ1) is 8.65. The molecule has 2 heterocycles. The molecule has 0 saturated heterocycles. The number of nitrogens with zero attached hydrogens (tertiary/aromatic N) is 1. The zero-order valence-electron chi connectivity index (χ0n) is 10.3. The predicted octanol–water partition coefficient (Wildman–Crippen LogP) is 4.20. The summed E-state index contributed by atoms with van der Waals surface area (Å²) in [6.07, 6.45) is 1.88. The number of anilines is 1. The molecule has 3 nitrogen and oxygen atoms in total. The summed E-state index contributed by atoms with van der Waals surface area (Å²) in [5.41, 5.74) is 0. The van der Waals surface area contributed by atoms with Crippen LogP contribution in [0.4, 0.5) is 5.82 Å². The molecule has 0 bridgehead atoms. The molecule has 5 heteroatoms. The molecule has 0 atom stereocenters. The molecule has 0 saturated carbocycles. The Hall–Kier alpha value is -1.26. The third-order valence-electron chi connectivity index (χ3n) is 2.19. The minimum absolute atomic E-state index is 0.130. The minimum atomic E-state index is 0.130. The topological polar surface area (TPSA) is 34.1 Å². The molecule has 18 heavy (non-hydrogen) atoms. The van der Waals surface area contributed by atoms with Crippen LogP contribution in [0.1, 0.15) is 18.7 Å². The molecule has 0 amide bonds. The molecule has 96 valence electrons. The Bertz CT molecular complexity index is 513. The average Bonchev–Trinajstić information content (AvgIpc) is 2.73. The smallest absolute Gasteiger partial charge is 0.169 e. The van der Waals surface area contributed by atoms with E-state index in [9.17, 15) is 0 Å². The first-order valence-electron chi connectivity index (χ1n) is 5.75. The Labute approximate surface area is 116 Å². The Kier molecular flexibility index (Phi) is 4.44. The van der Waals surface area contributed by atoms with E-state index >= 15 is 0 Å². The van der Waals surface area contributed by atoms with Crippen molar-refractivity contribution >= 4 is 28.8 Å². The van der Waals surface area contributed by atoms with E-state index in [2.05, 4.69) is 10.3 Å². The van der Waals surface area contributed by atoms with Gasteiger partial charge in [0.25, 0.3) is 0 Å². The maximum absolute atomic E-state index is 5.89. The maximum Gasteiger partial charge on any atom is 0.169 e. The molecule has 0 aliphatic carbocycles. The monoisotopic (exact) mass is 282 g/mol. The summed E-state index contributed by atoms with van der Waals surface area (Å²) in [6.45, 7) is 4.69. The van der Waals surface area contributed by atoms with Crippen molar-refractivity contribution in [1.29, 1.82) is 0 Å². The lowest BCUT2D eigenvalue weighted by atomic mass is 10.4. The lowest BCUT2D eigenvalue weighted by Gasteiger charge is -2.13. The third kappa shape index (κ3) is 3.62. The van der Waals surface area contributed by atoms with E-state index in [1.165, 1.54) is 4.88 Å². The van der Waals surface area contributed by atoms with Crippen molar-refractivity contribution in [3.63, 3.8) is 0 Å². The van der Waals surface area contributed by atoms with E-state index in [0.29, 0.717) is 6.54 Å². The van der Waals surface area contributed by atoms with Crippen molar-refractivity contribution in [2.45, 2.75) is 26.5 Å². The van der Waals surface area contributed by atoms with Crippen molar-refractivity contribution in [3.05, 3.63) is 39.7 Å². The van der Waals surface area contributed by atoms with Crippen LogP contribution in [0.2, 0.25) is 4.34 Å². The second kappa shape index (κ2) is 6.07. The molecule has 0 radical (unpaired) electrons. The highest BCUT2D eigenvalue weighted by Gasteiger charge is 2.06. The predicted molar refractivity (Wildman–Crippen MR) is 76.7 cm³/mol. The highest BCUT2D eigenvalue weighted by atomic mass is 35.5. The van der Waals surface area contributed by atoms with E-state index in [0.717, 1.165) is 15.9 Å². The van der Waals surface area contributed by atoms with Crippen molar-refractivity contribution in [3.8, 4) is 5.75 Å². The summed E-state index contributed by atoms with van der Waals surface area (Å²) in [4.78, 5) is 5.46. The first-order valence-corrected chi connectivity index (χ1v) is 6.94. The Morgan fingerprint density at radius 3 is 2.89 bits per heavy atom. The molecule has 0 spiro atoms. The summed E-state index contributed by atoms with van der Waals surface area (Å²) >= 11 is 7.45. The highest BCUT2D eigenvalue weighted by molar-refractivity contribution is 7.16. The van der Waals surface area contributed by atoms with Crippen LogP contribution in [0.5, 0.6) is 5.75 Å². The molecule has 2 rings (SSSR count). The number of pyridine rings is 1. The van der Waals surface area contributed by atoms with E-state index in [-0.39, 0.29) is 6.10 Å². The molecule has 1 N–H and O–H groups in total. The van der Waals surface area contributed by atoms with Gasteiger partial charge < -0.3 is 10.1 Å². The van der Waals surface area contributed by atoms with Gasteiger partial charge in [-0.2, -0.15) is 0 Å². The molecular weight excluding hydrogens is 268 g/mol. The Balaban J connectivity index is 2.04. The second-order valence-corrected chi connectivity index (χ2v) is 5.88. The molecule has 0 unspecified atom stereocenters. The van der Waals surface area contributed by atoms with Crippen LogP contribution >= 0.6 is 22.9 Å². The van der Waals surface area contributed by atoms with Crippen molar-refractivity contribution in [2.24, 2.45) is 0 Å². The highest BCUT2D eigenvalue weighted by Crippen LogP contribution is 2.25. The van der Waals surface area contributed by atoms with Gasteiger partial charge in [0.15, 0.2) is 11.6 Å². The van der Waals surface area contributed by atoms with Crippen molar-refractivity contribution < 1.29 is 4.74 Å². The average molecular weight is 283 g/mol. The van der Waals surface area contributed by atoms with Gasteiger partial charge >= 0.3 is 0 Å². The van der Waals surface area contributed by atoms with Crippen molar-refractivity contribution in [1.82, 2.24) is 4.98 Å². The largest absolute Gasteiger partial charge is 0.487 e. The summed E-state index contributed by atoms with van der Waals surface area (Å²) in [5.74, 6) is 1.53. The van der Waals surface area contributed by atoms with Gasteiger partial charge in [0, 0.05) is 11.1 Å². The van der Waals surface area contributed by atoms with E-state index in [1.807, 2.05) is 38.1 Å². The number of thiophene rings is 1. The van der Waals surface area contributed by atoms with E-state index in [4.69, 9.17) is 16.3 Å². The van der Waals surface area contributed by atoms with Crippen LogP contribution in [-0.2, 0) is 6.54 Å². The minimum Gasteiger partial charge on any atom is -0.487 e. The molecule has 0 aliphatic heterocycles. The van der Waals surface area contributed by atoms with Gasteiger partial charge in [0.1, 0.15) is 0 Å². The van der Waals surface area contributed by atoms with Gasteiger partial charge in [-0.3, -0.25) is 0 Å². The fraction of sp³-hybridized carbons (Fsp3) is 0.308. The van der Waals surface area contributed by atoms with Gasteiger partial charge in [-0.25, -0.2) is 4.98 Å². The SMILES string of the molecule is CC(C)Oc1cccnc1NCc1ccc(Cl)s1. The Morgan fingerprint density at radius 2 is 2.22 bits per heavy atom. The number of ether oxygens (including phenoxy) is 1. The lowest BCUT2D eigenvalue weighted by molar-refractivity contribution is 0.243. The van der Waals surface area contributed by atoms with Crippen LogP contribution in [0, 0.1) is 0 Å². The summed E-state index contributed by atoms with van der Waals surface area (Å²) in [7, 11) is 0. The van der Waals surface area contributed by atoms with Gasteiger partial charge in [0.05, 0.1) is 17.0 Å². The molecule has 0 fully saturated rings. The standard InChI is InChI=1S/C13H15ClN2OS/c1-9(2)17-11-4-3-7-15-13(11)16-8-10-5-6-12(14)18-10/h3-7,9H,8H2,1-2H3,(H,15,16). The van der Waals surface area contributed by atoms with Crippen LogP contribution in [0.3, 0.4) is 0 Å².